The quantitative estimate of drug-likeness (QED) is 0.432. The van der Waals surface area contributed by atoms with Gasteiger partial charge in [-0.1, -0.05) is 12.2 Å². The zero-order chi connectivity index (χ0) is 18.7. The highest BCUT2D eigenvalue weighted by Crippen LogP contribution is 2.30. The monoisotopic (exact) mass is 377 g/mol. The lowest BCUT2D eigenvalue weighted by molar-refractivity contribution is -0.143. The molecule has 1 aliphatic heterocycles. The molecule has 0 saturated heterocycles. The summed E-state index contributed by atoms with van der Waals surface area (Å²) in [5.74, 6) is -0.431. The zero-order valence-corrected chi connectivity index (χ0v) is 15.6. The van der Waals surface area contributed by atoms with Crippen LogP contribution in [0.25, 0.3) is 0 Å². The molecule has 1 atom stereocenters. The fraction of sp³-hybridized carbons (Fsp3) is 0.474. The molecule has 0 radical (unpaired) electrons. The molecule has 3 rings (SSSR count). The van der Waals surface area contributed by atoms with E-state index in [0.29, 0.717) is 30.6 Å². The number of Topliss-reactive ketones (excluding diaryl/α,β-unsaturated/α-hetero) is 1. The van der Waals surface area contributed by atoms with Crippen molar-refractivity contribution >= 4 is 27.5 Å². The predicted octanol–water partition coefficient (Wildman–Crippen LogP) is 2.48. The molecule has 1 aromatic carbocycles. The molecule has 2 aliphatic rings. The number of allylic oxidation sites excluding steroid dienone is 2. The molecule has 0 saturated carbocycles. The predicted molar refractivity (Wildman–Crippen MR) is 98.7 cm³/mol. The van der Waals surface area contributed by atoms with Crippen molar-refractivity contribution in [2.24, 2.45) is 5.92 Å². The summed E-state index contributed by atoms with van der Waals surface area (Å²) in [4.78, 5) is 24.2. The van der Waals surface area contributed by atoms with Crippen molar-refractivity contribution < 1.29 is 22.7 Å². The summed E-state index contributed by atoms with van der Waals surface area (Å²) in [5.41, 5.74) is 1.89. The minimum Gasteiger partial charge on any atom is -0.457 e. The molecular weight excluding hydrogens is 354 g/mol. The van der Waals surface area contributed by atoms with Gasteiger partial charge in [-0.25, -0.2) is 8.42 Å². The molecule has 0 N–H and O–H groups in total. The van der Waals surface area contributed by atoms with Gasteiger partial charge in [-0.05, 0) is 55.4 Å². The lowest BCUT2D eigenvalue weighted by Crippen LogP contribution is -2.34. The SMILES string of the molecule is CS(=O)(=O)N1CCCc2cc(C(=O)COC(=O)C[C@@H]3C=CCC3)ccc21. The standard InChI is InChI=1S/C19H23NO5S/c1-26(23,24)20-10-4-7-15-12-16(8-9-17(15)20)18(21)13-25-19(22)11-14-5-2-3-6-14/h2,5,8-9,12,14H,3-4,6-7,10-11,13H2,1H3/t14-/m1/s1. The molecule has 0 bridgehead atoms. The topological polar surface area (TPSA) is 80.8 Å². The first kappa shape index (κ1) is 18.6. The summed E-state index contributed by atoms with van der Waals surface area (Å²) >= 11 is 0. The Labute approximate surface area is 153 Å². The molecule has 1 aliphatic carbocycles. The van der Waals surface area contributed by atoms with Crippen LogP contribution in [0.4, 0.5) is 5.69 Å². The number of nitrogens with zero attached hydrogens (tertiary/aromatic N) is 1. The summed E-state index contributed by atoms with van der Waals surface area (Å²) in [7, 11) is -3.33. The van der Waals surface area contributed by atoms with E-state index < -0.39 is 10.0 Å². The summed E-state index contributed by atoms with van der Waals surface area (Å²) < 4.78 is 30.2. The van der Waals surface area contributed by atoms with Crippen LogP contribution in [-0.4, -0.2) is 39.6 Å². The van der Waals surface area contributed by atoms with Gasteiger partial charge in [-0.15, -0.1) is 0 Å². The van der Waals surface area contributed by atoms with E-state index in [1.165, 1.54) is 10.6 Å². The first-order chi connectivity index (χ1) is 12.3. The highest BCUT2D eigenvalue weighted by molar-refractivity contribution is 7.92. The summed E-state index contributed by atoms with van der Waals surface area (Å²) in [5, 5.41) is 0. The average molecular weight is 377 g/mol. The van der Waals surface area contributed by atoms with E-state index >= 15 is 0 Å². The Morgan fingerprint density at radius 2 is 2.12 bits per heavy atom. The number of carbonyl (C=O) groups excluding carboxylic acids is 2. The number of ether oxygens (including phenoxy) is 1. The Hall–Kier alpha value is -2.15. The van der Waals surface area contributed by atoms with Crippen LogP contribution in [0.15, 0.2) is 30.4 Å². The lowest BCUT2D eigenvalue weighted by atomic mass is 9.99. The van der Waals surface area contributed by atoms with Gasteiger partial charge in [0.05, 0.1) is 18.4 Å². The van der Waals surface area contributed by atoms with E-state index in [1.54, 1.807) is 18.2 Å². The zero-order valence-electron chi connectivity index (χ0n) is 14.8. The third-order valence-corrected chi connectivity index (χ3v) is 5.96. The molecule has 6 nitrogen and oxygen atoms in total. The fourth-order valence-corrected chi connectivity index (χ4v) is 4.44. The van der Waals surface area contributed by atoms with Crippen LogP contribution < -0.4 is 4.31 Å². The van der Waals surface area contributed by atoms with E-state index in [9.17, 15) is 18.0 Å². The van der Waals surface area contributed by atoms with Crippen molar-refractivity contribution in [1.29, 1.82) is 0 Å². The maximum atomic E-state index is 12.3. The largest absolute Gasteiger partial charge is 0.457 e. The van der Waals surface area contributed by atoms with E-state index in [-0.39, 0.29) is 24.3 Å². The van der Waals surface area contributed by atoms with Crippen molar-refractivity contribution in [1.82, 2.24) is 0 Å². The Balaban J connectivity index is 1.63. The van der Waals surface area contributed by atoms with Gasteiger partial charge in [0.25, 0.3) is 0 Å². The molecule has 7 heteroatoms. The molecule has 0 unspecified atom stereocenters. The Kier molecular flexibility index (Phi) is 5.46. The number of hydrogen-bond donors (Lipinski definition) is 0. The molecule has 0 spiro atoms. The van der Waals surface area contributed by atoms with Crippen LogP contribution in [0.2, 0.25) is 0 Å². The molecule has 1 heterocycles. The van der Waals surface area contributed by atoms with Crippen LogP contribution in [0.3, 0.4) is 0 Å². The van der Waals surface area contributed by atoms with Gasteiger partial charge in [0, 0.05) is 12.1 Å². The van der Waals surface area contributed by atoms with Crippen LogP contribution in [-0.2, 0) is 26.0 Å². The second-order valence-corrected chi connectivity index (χ2v) is 8.74. The third-order valence-electron chi connectivity index (χ3n) is 4.78. The van der Waals surface area contributed by atoms with Crippen LogP contribution in [0.5, 0.6) is 0 Å². The van der Waals surface area contributed by atoms with Gasteiger partial charge in [0.1, 0.15) is 0 Å². The minimum absolute atomic E-state index is 0.211. The van der Waals surface area contributed by atoms with E-state index in [2.05, 4.69) is 6.08 Å². The smallest absolute Gasteiger partial charge is 0.306 e. The first-order valence-electron chi connectivity index (χ1n) is 8.81. The van der Waals surface area contributed by atoms with E-state index in [0.717, 1.165) is 24.8 Å². The van der Waals surface area contributed by atoms with Crippen LogP contribution in [0, 0.1) is 5.92 Å². The van der Waals surface area contributed by atoms with Crippen molar-refractivity contribution in [3.8, 4) is 0 Å². The normalized spacial score (nSPS) is 19.3. The summed E-state index contributed by atoms with van der Waals surface area (Å²) in [6.45, 7) is 0.163. The first-order valence-corrected chi connectivity index (χ1v) is 10.7. The molecular formula is C19H23NO5S. The number of anilines is 1. The van der Waals surface area contributed by atoms with Crippen molar-refractivity contribution in [2.45, 2.75) is 32.1 Å². The maximum Gasteiger partial charge on any atom is 0.306 e. The average Bonchev–Trinajstić information content (AvgIpc) is 3.10. The maximum absolute atomic E-state index is 12.3. The number of esters is 1. The number of fused-ring (bicyclic) bond motifs is 1. The Bertz CT molecular complexity index is 843. The number of aryl methyl sites for hydroxylation is 1. The molecule has 0 amide bonds. The second kappa shape index (κ2) is 7.61. The van der Waals surface area contributed by atoms with Crippen molar-refractivity contribution in [2.75, 3.05) is 23.7 Å². The van der Waals surface area contributed by atoms with E-state index in [4.69, 9.17) is 4.74 Å². The van der Waals surface area contributed by atoms with Gasteiger partial charge in [0.2, 0.25) is 10.0 Å². The minimum atomic E-state index is -3.33. The van der Waals surface area contributed by atoms with Gasteiger partial charge in [-0.2, -0.15) is 0 Å². The highest BCUT2D eigenvalue weighted by Gasteiger charge is 2.25. The van der Waals surface area contributed by atoms with Crippen molar-refractivity contribution in [3.63, 3.8) is 0 Å². The number of hydrogen-bond acceptors (Lipinski definition) is 5. The van der Waals surface area contributed by atoms with E-state index in [1.807, 2.05) is 6.08 Å². The Morgan fingerprint density at radius 3 is 2.81 bits per heavy atom. The fourth-order valence-electron chi connectivity index (χ4n) is 3.45. The molecule has 0 fully saturated rings. The third kappa shape index (κ3) is 4.33. The molecule has 140 valence electrons. The number of rotatable bonds is 6. The number of ketones is 1. The summed E-state index contributed by atoms with van der Waals surface area (Å²) in [6.07, 6.45) is 8.91. The van der Waals surface area contributed by atoms with Gasteiger partial charge < -0.3 is 4.74 Å². The van der Waals surface area contributed by atoms with Gasteiger partial charge >= 0.3 is 5.97 Å². The molecule has 0 aromatic heterocycles. The van der Waals surface area contributed by atoms with Crippen LogP contribution in [0.1, 0.15) is 41.6 Å². The molecule has 1 aromatic rings. The lowest BCUT2D eigenvalue weighted by Gasteiger charge is -2.29. The van der Waals surface area contributed by atoms with Gasteiger partial charge in [-0.3, -0.25) is 13.9 Å². The van der Waals surface area contributed by atoms with Crippen molar-refractivity contribution in [3.05, 3.63) is 41.5 Å². The number of carbonyl (C=O) groups is 2. The molecule has 26 heavy (non-hydrogen) atoms. The number of benzene rings is 1. The number of sulfonamides is 1. The van der Waals surface area contributed by atoms with Gasteiger partial charge in [0.15, 0.2) is 12.4 Å². The summed E-state index contributed by atoms with van der Waals surface area (Å²) in [6, 6.07) is 4.97. The highest BCUT2D eigenvalue weighted by atomic mass is 32.2. The second-order valence-electron chi connectivity index (χ2n) is 6.84. The van der Waals surface area contributed by atoms with Crippen LogP contribution >= 0.6 is 0 Å². The Morgan fingerprint density at radius 1 is 1.31 bits per heavy atom.